The molecule has 3 aromatic rings. The second-order valence-electron chi connectivity index (χ2n) is 5.90. The number of nitrogens with one attached hydrogen (secondary N) is 1. The molecule has 0 amide bonds. The molecule has 0 saturated carbocycles. The van der Waals surface area contributed by atoms with Crippen LogP contribution in [0.3, 0.4) is 0 Å². The molecule has 3 rings (SSSR count). The first kappa shape index (κ1) is 18.3. The SMILES string of the molecule is NC(c1ccccc1)[C@@H](NS(=O)(=O)c1ccc(F)cc1)c1ccccc1. The number of nitrogens with two attached hydrogens (primary N) is 1. The Morgan fingerprint density at radius 2 is 1.27 bits per heavy atom. The van der Waals surface area contributed by atoms with Gasteiger partial charge in [-0.3, -0.25) is 0 Å². The molecular formula is C20H19FN2O2S. The first-order valence-electron chi connectivity index (χ1n) is 8.11. The van der Waals surface area contributed by atoms with E-state index in [1.54, 1.807) is 0 Å². The Bertz CT molecular complexity index is 946. The van der Waals surface area contributed by atoms with Gasteiger partial charge in [-0.2, -0.15) is 0 Å². The van der Waals surface area contributed by atoms with Crippen molar-refractivity contribution in [3.8, 4) is 0 Å². The minimum atomic E-state index is -3.87. The molecule has 4 nitrogen and oxygen atoms in total. The fraction of sp³-hybridized carbons (Fsp3) is 0.100. The summed E-state index contributed by atoms with van der Waals surface area (Å²) in [6, 6.07) is 21.9. The molecule has 26 heavy (non-hydrogen) atoms. The molecule has 0 aliphatic heterocycles. The average molecular weight is 370 g/mol. The van der Waals surface area contributed by atoms with Crippen LogP contribution in [0.25, 0.3) is 0 Å². The van der Waals surface area contributed by atoms with Crippen LogP contribution in [0.15, 0.2) is 89.8 Å². The van der Waals surface area contributed by atoms with Crippen LogP contribution >= 0.6 is 0 Å². The van der Waals surface area contributed by atoms with Crippen molar-refractivity contribution in [3.63, 3.8) is 0 Å². The van der Waals surface area contributed by atoms with Crippen molar-refractivity contribution in [3.05, 3.63) is 102 Å². The first-order valence-corrected chi connectivity index (χ1v) is 9.59. The first-order chi connectivity index (χ1) is 12.5. The molecule has 0 fully saturated rings. The van der Waals surface area contributed by atoms with Crippen molar-refractivity contribution in [2.75, 3.05) is 0 Å². The molecule has 134 valence electrons. The molecule has 1 unspecified atom stereocenters. The molecule has 2 atom stereocenters. The normalized spacial score (nSPS) is 13.9. The van der Waals surface area contributed by atoms with Gasteiger partial charge in [0.05, 0.1) is 17.0 Å². The number of rotatable bonds is 6. The Labute approximate surface area is 152 Å². The van der Waals surface area contributed by atoms with Crippen molar-refractivity contribution >= 4 is 10.0 Å². The van der Waals surface area contributed by atoms with Crippen molar-refractivity contribution in [2.45, 2.75) is 17.0 Å². The molecule has 0 aliphatic carbocycles. The van der Waals surface area contributed by atoms with Crippen LogP contribution in [0.4, 0.5) is 4.39 Å². The van der Waals surface area contributed by atoms with Gasteiger partial charge >= 0.3 is 0 Å². The molecule has 3 N–H and O–H groups in total. The van der Waals surface area contributed by atoms with E-state index < -0.39 is 27.9 Å². The van der Waals surface area contributed by atoms with Gasteiger partial charge in [0.2, 0.25) is 10.0 Å². The Morgan fingerprint density at radius 3 is 1.81 bits per heavy atom. The molecule has 0 bridgehead atoms. The highest BCUT2D eigenvalue weighted by Crippen LogP contribution is 2.28. The lowest BCUT2D eigenvalue weighted by atomic mass is 9.95. The fourth-order valence-electron chi connectivity index (χ4n) is 2.73. The van der Waals surface area contributed by atoms with Gasteiger partial charge in [-0.1, -0.05) is 60.7 Å². The van der Waals surface area contributed by atoms with E-state index in [2.05, 4.69) is 4.72 Å². The zero-order chi connectivity index (χ0) is 18.6. The topological polar surface area (TPSA) is 72.2 Å². The fourth-order valence-corrected chi connectivity index (χ4v) is 3.97. The predicted molar refractivity (Wildman–Crippen MR) is 99.3 cm³/mol. The van der Waals surface area contributed by atoms with Crippen LogP contribution < -0.4 is 10.5 Å². The summed E-state index contributed by atoms with van der Waals surface area (Å²) in [5, 5.41) is 0. The van der Waals surface area contributed by atoms with Gasteiger partial charge < -0.3 is 5.73 Å². The minimum Gasteiger partial charge on any atom is -0.322 e. The van der Waals surface area contributed by atoms with Gasteiger partial charge in [0.1, 0.15) is 5.82 Å². The summed E-state index contributed by atoms with van der Waals surface area (Å²) in [5.41, 5.74) is 7.95. The van der Waals surface area contributed by atoms with Gasteiger partial charge in [-0.15, -0.1) is 0 Å². The second kappa shape index (κ2) is 7.78. The third-order valence-electron chi connectivity index (χ3n) is 4.11. The van der Waals surface area contributed by atoms with Gasteiger partial charge in [-0.25, -0.2) is 17.5 Å². The smallest absolute Gasteiger partial charge is 0.241 e. The number of hydrogen-bond donors (Lipinski definition) is 2. The van der Waals surface area contributed by atoms with Gasteiger partial charge in [0.15, 0.2) is 0 Å². The van der Waals surface area contributed by atoms with Gasteiger partial charge in [0, 0.05) is 0 Å². The quantitative estimate of drug-likeness (QED) is 0.697. The van der Waals surface area contributed by atoms with Crippen LogP contribution in [0.2, 0.25) is 0 Å². The summed E-state index contributed by atoms with van der Waals surface area (Å²) in [6.07, 6.45) is 0. The lowest BCUT2D eigenvalue weighted by Gasteiger charge is -2.26. The third-order valence-corrected chi connectivity index (χ3v) is 5.57. The van der Waals surface area contributed by atoms with E-state index in [0.717, 1.165) is 23.3 Å². The zero-order valence-electron chi connectivity index (χ0n) is 13.9. The Morgan fingerprint density at radius 1 is 0.769 bits per heavy atom. The highest BCUT2D eigenvalue weighted by atomic mass is 32.2. The number of sulfonamides is 1. The molecule has 0 aliphatic rings. The summed E-state index contributed by atoms with van der Waals surface area (Å²) in [4.78, 5) is -0.0138. The highest BCUT2D eigenvalue weighted by molar-refractivity contribution is 7.89. The van der Waals surface area contributed by atoms with E-state index in [-0.39, 0.29) is 4.90 Å². The molecule has 0 radical (unpaired) electrons. The highest BCUT2D eigenvalue weighted by Gasteiger charge is 2.27. The van der Waals surface area contributed by atoms with Crippen LogP contribution in [0.5, 0.6) is 0 Å². The van der Waals surface area contributed by atoms with Crippen LogP contribution in [0.1, 0.15) is 23.2 Å². The number of hydrogen-bond acceptors (Lipinski definition) is 3. The van der Waals surface area contributed by atoms with E-state index in [1.807, 2.05) is 60.7 Å². The molecule has 0 saturated heterocycles. The van der Waals surface area contributed by atoms with Gasteiger partial charge in [0.25, 0.3) is 0 Å². The van der Waals surface area contributed by atoms with E-state index in [0.29, 0.717) is 0 Å². The Balaban J connectivity index is 1.97. The molecular weight excluding hydrogens is 351 g/mol. The summed E-state index contributed by atoms with van der Waals surface area (Å²) >= 11 is 0. The molecule has 0 aromatic heterocycles. The lowest BCUT2D eigenvalue weighted by Crippen LogP contribution is -2.36. The van der Waals surface area contributed by atoms with Crippen molar-refractivity contribution in [2.24, 2.45) is 5.73 Å². The average Bonchev–Trinajstić information content (AvgIpc) is 2.67. The van der Waals surface area contributed by atoms with Crippen LogP contribution in [-0.2, 0) is 10.0 Å². The van der Waals surface area contributed by atoms with E-state index in [9.17, 15) is 12.8 Å². The summed E-state index contributed by atoms with van der Waals surface area (Å²) < 4.78 is 41.3. The number of benzene rings is 3. The van der Waals surface area contributed by atoms with Crippen molar-refractivity contribution in [1.82, 2.24) is 4.72 Å². The Hall–Kier alpha value is -2.54. The second-order valence-corrected chi connectivity index (χ2v) is 7.61. The third kappa shape index (κ3) is 4.16. The molecule has 3 aromatic carbocycles. The maximum atomic E-state index is 13.1. The molecule has 0 spiro atoms. The van der Waals surface area contributed by atoms with E-state index in [4.69, 9.17) is 5.73 Å². The molecule has 0 heterocycles. The van der Waals surface area contributed by atoms with Crippen LogP contribution in [0, 0.1) is 5.82 Å². The monoisotopic (exact) mass is 370 g/mol. The van der Waals surface area contributed by atoms with Crippen molar-refractivity contribution in [1.29, 1.82) is 0 Å². The maximum Gasteiger partial charge on any atom is 0.241 e. The minimum absolute atomic E-state index is 0.0138. The van der Waals surface area contributed by atoms with E-state index >= 15 is 0 Å². The summed E-state index contributed by atoms with van der Waals surface area (Å²) in [5.74, 6) is -0.496. The standard InChI is InChI=1S/C20H19FN2O2S/c21-17-11-13-18(14-12-17)26(24,25)23-20(16-9-5-2-6-10-16)19(22)15-7-3-1-4-8-15/h1-14,19-20,23H,22H2/t19?,20-/m0/s1. The van der Waals surface area contributed by atoms with Crippen molar-refractivity contribution < 1.29 is 12.8 Å². The van der Waals surface area contributed by atoms with E-state index in [1.165, 1.54) is 12.1 Å². The summed E-state index contributed by atoms with van der Waals surface area (Å²) in [7, 11) is -3.87. The van der Waals surface area contributed by atoms with Crippen LogP contribution in [-0.4, -0.2) is 8.42 Å². The number of halogens is 1. The Kier molecular flexibility index (Phi) is 5.46. The maximum absolute atomic E-state index is 13.1. The predicted octanol–water partition coefficient (Wildman–Crippen LogP) is 3.55. The largest absolute Gasteiger partial charge is 0.322 e. The lowest BCUT2D eigenvalue weighted by molar-refractivity contribution is 0.504. The molecule has 6 heteroatoms. The summed E-state index contributed by atoms with van der Waals surface area (Å²) in [6.45, 7) is 0. The van der Waals surface area contributed by atoms with Gasteiger partial charge in [-0.05, 0) is 35.4 Å². The zero-order valence-corrected chi connectivity index (χ0v) is 14.7.